The Bertz CT molecular complexity index is 1610. The molecule has 7 nitrogen and oxygen atoms in total. The summed E-state index contributed by atoms with van der Waals surface area (Å²) in [6.07, 6.45) is 1.55. The lowest BCUT2D eigenvalue weighted by Gasteiger charge is -2.23. The molecule has 0 saturated heterocycles. The number of aromatic nitrogens is 4. The van der Waals surface area contributed by atoms with Crippen LogP contribution in [0.25, 0.3) is 11.3 Å². The van der Waals surface area contributed by atoms with Crippen LogP contribution in [-0.4, -0.2) is 30.6 Å². The van der Waals surface area contributed by atoms with Crippen molar-refractivity contribution in [2.45, 2.75) is 19.6 Å². The summed E-state index contributed by atoms with van der Waals surface area (Å²) in [6, 6.07) is 19.5. The zero-order valence-electron chi connectivity index (χ0n) is 20.0. The van der Waals surface area contributed by atoms with Gasteiger partial charge in [-0.3, -0.25) is 4.79 Å². The van der Waals surface area contributed by atoms with Crippen LogP contribution in [0.5, 0.6) is 0 Å². The summed E-state index contributed by atoms with van der Waals surface area (Å²) in [5.74, 6) is -1.41. The van der Waals surface area contributed by atoms with Crippen LogP contribution in [0.15, 0.2) is 83.8 Å². The molecule has 10 heteroatoms. The van der Waals surface area contributed by atoms with Gasteiger partial charge in [-0.15, -0.1) is 10.2 Å². The molecule has 3 aromatic heterocycles. The Morgan fingerprint density at radius 2 is 1.89 bits per heavy atom. The number of rotatable bonds is 8. The van der Waals surface area contributed by atoms with E-state index in [1.165, 1.54) is 22.3 Å². The summed E-state index contributed by atoms with van der Waals surface area (Å²) in [7, 11) is 0. The van der Waals surface area contributed by atoms with E-state index in [0.717, 1.165) is 23.3 Å². The van der Waals surface area contributed by atoms with Gasteiger partial charge in [0.2, 0.25) is 0 Å². The maximum absolute atomic E-state index is 14.6. The molecule has 0 N–H and O–H groups in total. The first-order chi connectivity index (χ1) is 18.5. The first kappa shape index (κ1) is 24.9. The third-order valence-corrected chi connectivity index (χ3v) is 6.60. The van der Waals surface area contributed by atoms with Gasteiger partial charge in [0.15, 0.2) is 5.82 Å². The summed E-state index contributed by atoms with van der Waals surface area (Å²) >= 11 is 1.53. The van der Waals surface area contributed by atoms with Crippen molar-refractivity contribution in [2.75, 3.05) is 0 Å². The molecule has 0 aliphatic rings. The van der Waals surface area contributed by atoms with Gasteiger partial charge in [0.05, 0.1) is 30.4 Å². The molecule has 0 bridgehead atoms. The Kier molecular flexibility index (Phi) is 7.28. The maximum Gasteiger partial charge on any atom is 0.273 e. The molecule has 1 amide bonds. The van der Waals surface area contributed by atoms with E-state index in [1.807, 2.05) is 35.0 Å². The van der Waals surface area contributed by atoms with Crippen molar-refractivity contribution in [2.24, 2.45) is 0 Å². The second-order valence-corrected chi connectivity index (χ2v) is 9.28. The van der Waals surface area contributed by atoms with Crippen molar-refractivity contribution in [1.82, 2.24) is 24.6 Å². The van der Waals surface area contributed by atoms with Crippen LogP contribution in [0.2, 0.25) is 0 Å². The summed E-state index contributed by atoms with van der Waals surface area (Å²) in [5.41, 5.74) is 3.35. The molecular weight excluding hydrogens is 506 g/mol. The van der Waals surface area contributed by atoms with Crippen LogP contribution in [0.4, 0.5) is 8.78 Å². The number of carbonyl (C=O) groups is 1. The Morgan fingerprint density at radius 1 is 1.05 bits per heavy atom. The van der Waals surface area contributed by atoms with E-state index in [9.17, 15) is 13.6 Å². The van der Waals surface area contributed by atoms with Crippen molar-refractivity contribution in [3.05, 3.63) is 124 Å². The Balaban J connectivity index is 1.45. The first-order valence-corrected chi connectivity index (χ1v) is 12.5. The minimum absolute atomic E-state index is 0.0102. The van der Waals surface area contributed by atoms with Crippen molar-refractivity contribution in [1.29, 1.82) is 5.26 Å². The number of thiophene rings is 1. The van der Waals surface area contributed by atoms with Gasteiger partial charge in [-0.05, 0) is 47.3 Å². The van der Waals surface area contributed by atoms with Gasteiger partial charge >= 0.3 is 0 Å². The maximum atomic E-state index is 14.6. The SMILES string of the molecule is N#Cc1ccc(Cn2cnnc2CN(Cc2ccc(F)cc2F)C(=O)c2cccc(-c3ccsc3)n2)cc1. The Hall–Kier alpha value is -4.75. The van der Waals surface area contributed by atoms with Crippen molar-refractivity contribution < 1.29 is 13.6 Å². The van der Waals surface area contributed by atoms with E-state index in [1.54, 1.807) is 35.2 Å². The Labute approximate surface area is 221 Å². The number of halogens is 2. The minimum atomic E-state index is -0.748. The molecule has 38 heavy (non-hydrogen) atoms. The fourth-order valence-corrected chi connectivity index (χ4v) is 4.58. The standard InChI is InChI=1S/C28H20F2N6OS/c29-23-9-8-21(24(30)12-23)15-35(28(37)26-3-1-2-25(33-26)22-10-11-38-17-22)16-27-34-32-18-36(27)14-20-6-4-19(13-31)5-7-20/h1-12,17-18H,14-16H2. The molecule has 0 saturated carbocycles. The van der Waals surface area contributed by atoms with Crippen LogP contribution in [0.1, 0.15) is 33.0 Å². The molecule has 5 aromatic rings. The Morgan fingerprint density at radius 3 is 2.63 bits per heavy atom. The van der Waals surface area contributed by atoms with Gasteiger partial charge in [0.25, 0.3) is 5.91 Å². The molecule has 188 valence electrons. The predicted molar refractivity (Wildman–Crippen MR) is 138 cm³/mol. The summed E-state index contributed by atoms with van der Waals surface area (Å²) in [4.78, 5) is 19.7. The highest BCUT2D eigenvalue weighted by molar-refractivity contribution is 7.08. The van der Waals surface area contributed by atoms with Gasteiger partial charge < -0.3 is 9.47 Å². The van der Waals surface area contributed by atoms with Crippen molar-refractivity contribution in [3.63, 3.8) is 0 Å². The number of benzene rings is 2. The van der Waals surface area contributed by atoms with Gasteiger partial charge in [-0.25, -0.2) is 13.8 Å². The lowest BCUT2D eigenvalue weighted by molar-refractivity contribution is 0.0716. The average Bonchev–Trinajstić information content (AvgIpc) is 3.63. The molecule has 3 heterocycles. The van der Waals surface area contributed by atoms with E-state index in [0.29, 0.717) is 23.6 Å². The number of hydrogen-bond acceptors (Lipinski definition) is 6. The smallest absolute Gasteiger partial charge is 0.273 e. The van der Waals surface area contributed by atoms with Crippen LogP contribution in [0.3, 0.4) is 0 Å². The topological polar surface area (TPSA) is 87.7 Å². The molecule has 0 atom stereocenters. The van der Waals surface area contributed by atoms with E-state index in [4.69, 9.17) is 5.26 Å². The molecule has 0 radical (unpaired) electrons. The number of amides is 1. The third-order valence-electron chi connectivity index (χ3n) is 5.91. The second kappa shape index (κ2) is 11.1. The van der Waals surface area contributed by atoms with Crippen LogP contribution in [-0.2, 0) is 19.6 Å². The molecule has 5 rings (SSSR count). The zero-order valence-corrected chi connectivity index (χ0v) is 20.8. The predicted octanol–water partition coefficient (Wildman–Crippen LogP) is 5.44. The molecular formula is C28H20F2N6OS. The van der Waals surface area contributed by atoms with Gasteiger partial charge in [0.1, 0.15) is 23.7 Å². The lowest BCUT2D eigenvalue weighted by atomic mass is 10.1. The third kappa shape index (κ3) is 5.63. The van der Waals surface area contributed by atoms with Crippen molar-refractivity contribution in [3.8, 4) is 17.3 Å². The molecule has 0 fully saturated rings. The van der Waals surface area contributed by atoms with Crippen LogP contribution in [0, 0.1) is 23.0 Å². The highest BCUT2D eigenvalue weighted by Gasteiger charge is 2.22. The van der Waals surface area contributed by atoms with Gasteiger partial charge in [0, 0.05) is 29.1 Å². The molecule has 0 unspecified atom stereocenters. The minimum Gasteiger partial charge on any atom is -0.325 e. The molecule has 0 aliphatic heterocycles. The van der Waals surface area contributed by atoms with Crippen LogP contribution >= 0.6 is 11.3 Å². The summed E-state index contributed by atoms with van der Waals surface area (Å²) < 4.78 is 29.9. The fraction of sp³-hybridized carbons (Fsp3) is 0.107. The quantitative estimate of drug-likeness (QED) is 0.269. The largest absolute Gasteiger partial charge is 0.325 e. The number of hydrogen-bond donors (Lipinski definition) is 0. The van der Waals surface area contributed by atoms with E-state index in [2.05, 4.69) is 21.3 Å². The van der Waals surface area contributed by atoms with E-state index in [-0.39, 0.29) is 24.3 Å². The molecule has 0 aliphatic carbocycles. The number of nitriles is 1. The number of carbonyl (C=O) groups excluding carboxylic acids is 1. The van der Waals surface area contributed by atoms with Gasteiger partial charge in [-0.1, -0.05) is 24.3 Å². The summed E-state index contributed by atoms with van der Waals surface area (Å²) in [6.45, 7) is 0.294. The van der Waals surface area contributed by atoms with E-state index < -0.39 is 17.5 Å². The molecule has 0 spiro atoms. The zero-order chi connectivity index (χ0) is 26.5. The normalized spacial score (nSPS) is 10.8. The van der Waals surface area contributed by atoms with Gasteiger partial charge in [-0.2, -0.15) is 16.6 Å². The van der Waals surface area contributed by atoms with Crippen LogP contribution < -0.4 is 0 Å². The summed E-state index contributed by atoms with van der Waals surface area (Å²) in [5, 5.41) is 21.1. The number of nitrogens with zero attached hydrogens (tertiary/aromatic N) is 6. The highest BCUT2D eigenvalue weighted by atomic mass is 32.1. The molecule has 2 aromatic carbocycles. The monoisotopic (exact) mass is 526 g/mol. The average molecular weight is 527 g/mol. The highest BCUT2D eigenvalue weighted by Crippen LogP contribution is 2.22. The fourth-order valence-electron chi connectivity index (χ4n) is 3.93. The second-order valence-electron chi connectivity index (χ2n) is 8.50. The van der Waals surface area contributed by atoms with E-state index >= 15 is 0 Å². The first-order valence-electron chi connectivity index (χ1n) is 11.6. The van der Waals surface area contributed by atoms with Crippen molar-refractivity contribution >= 4 is 17.2 Å². The lowest BCUT2D eigenvalue weighted by Crippen LogP contribution is -2.32. The number of pyridine rings is 1.